The Morgan fingerprint density at radius 1 is 1.39 bits per heavy atom. The number of esters is 1. The lowest BCUT2D eigenvalue weighted by molar-refractivity contribution is -0.146. The monoisotopic (exact) mass is 267 g/mol. The lowest BCUT2D eigenvalue weighted by Gasteiger charge is -2.20. The van der Waals surface area contributed by atoms with E-state index in [1.54, 1.807) is 6.92 Å². The van der Waals surface area contributed by atoms with Gasteiger partial charge in [0.25, 0.3) is 0 Å². The first kappa shape index (κ1) is 15.1. The number of thioether (sulfide) groups is 1. The zero-order valence-electron chi connectivity index (χ0n) is 11.0. The number of rotatable bonds is 7. The highest BCUT2D eigenvalue weighted by molar-refractivity contribution is 7.98. The molecule has 0 fully saturated rings. The van der Waals surface area contributed by atoms with Crippen LogP contribution in [0.25, 0.3) is 0 Å². The second kappa shape index (κ2) is 7.44. The molecule has 1 aromatic carbocycles. The van der Waals surface area contributed by atoms with Gasteiger partial charge in [-0.05, 0) is 31.1 Å². The third kappa shape index (κ3) is 5.10. The predicted molar refractivity (Wildman–Crippen MR) is 76.4 cm³/mol. The number of hydrogen-bond acceptors (Lipinski definition) is 4. The molecule has 0 amide bonds. The largest absolute Gasteiger partial charge is 0.468 e. The third-order valence-corrected chi connectivity index (χ3v) is 3.86. The molecule has 1 aromatic rings. The summed E-state index contributed by atoms with van der Waals surface area (Å²) in [7, 11) is 1.37. The van der Waals surface area contributed by atoms with E-state index in [2.05, 4.69) is 16.9 Å². The van der Waals surface area contributed by atoms with E-state index in [0.29, 0.717) is 6.42 Å². The highest BCUT2D eigenvalue weighted by Gasteiger charge is 2.28. The van der Waals surface area contributed by atoms with E-state index < -0.39 is 5.54 Å². The van der Waals surface area contributed by atoms with Gasteiger partial charge in [0.2, 0.25) is 0 Å². The summed E-state index contributed by atoms with van der Waals surface area (Å²) >= 11 is 1.86. The fraction of sp³-hybridized carbons (Fsp3) is 0.500. The number of hydrogen-bond donors (Lipinski definition) is 1. The molecule has 4 heteroatoms. The van der Waals surface area contributed by atoms with Crippen LogP contribution in [0, 0.1) is 0 Å². The first-order chi connectivity index (χ1) is 8.56. The Balaban J connectivity index is 2.17. The highest BCUT2D eigenvalue weighted by Crippen LogP contribution is 2.17. The summed E-state index contributed by atoms with van der Waals surface area (Å²) in [5, 5.41) is 0. The van der Waals surface area contributed by atoms with Gasteiger partial charge in [0.05, 0.1) is 7.11 Å². The summed E-state index contributed by atoms with van der Waals surface area (Å²) < 4.78 is 4.67. The molecular formula is C14H21NO2S. The first-order valence-electron chi connectivity index (χ1n) is 6.05. The maximum atomic E-state index is 11.4. The van der Waals surface area contributed by atoms with Gasteiger partial charge in [0.1, 0.15) is 5.54 Å². The standard InChI is InChI=1S/C14H21NO2S/c1-14(15,13(16)17-2)9-6-10-18-11-12-7-4-3-5-8-12/h3-5,7-8H,6,9-11,15H2,1-2H3/t14-/m0/s1. The minimum absolute atomic E-state index is 0.337. The Kier molecular flexibility index (Phi) is 6.22. The summed E-state index contributed by atoms with van der Waals surface area (Å²) in [6, 6.07) is 10.3. The molecule has 0 aliphatic carbocycles. The average molecular weight is 267 g/mol. The van der Waals surface area contributed by atoms with Crippen LogP contribution < -0.4 is 5.73 Å². The van der Waals surface area contributed by atoms with E-state index in [9.17, 15) is 4.79 Å². The molecule has 0 bridgehead atoms. The van der Waals surface area contributed by atoms with E-state index in [0.717, 1.165) is 17.9 Å². The van der Waals surface area contributed by atoms with Gasteiger partial charge in [-0.3, -0.25) is 4.79 Å². The number of benzene rings is 1. The third-order valence-electron chi connectivity index (χ3n) is 2.75. The fourth-order valence-corrected chi connectivity index (χ4v) is 2.56. The van der Waals surface area contributed by atoms with Gasteiger partial charge in [-0.15, -0.1) is 0 Å². The summed E-state index contributed by atoms with van der Waals surface area (Å²) in [6.45, 7) is 1.72. The molecule has 0 spiro atoms. The molecular weight excluding hydrogens is 246 g/mol. The Bertz CT molecular complexity index is 365. The molecule has 0 aliphatic heterocycles. The van der Waals surface area contributed by atoms with E-state index >= 15 is 0 Å². The van der Waals surface area contributed by atoms with Crippen molar-refractivity contribution >= 4 is 17.7 Å². The van der Waals surface area contributed by atoms with Gasteiger partial charge in [-0.25, -0.2) is 0 Å². The number of nitrogens with two attached hydrogens (primary N) is 1. The SMILES string of the molecule is COC(=O)[C@@](C)(N)CCCSCc1ccccc1. The summed E-state index contributed by atoms with van der Waals surface area (Å²) in [4.78, 5) is 11.4. The van der Waals surface area contributed by atoms with E-state index in [1.165, 1.54) is 12.7 Å². The lowest BCUT2D eigenvalue weighted by atomic mass is 9.98. The molecule has 0 saturated carbocycles. The molecule has 100 valence electrons. The van der Waals surface area contributed by atoms with Crippen molar-refractivity contribution in [2.75, 3.05) is 12.9 Å². The fourth-order valence-electron chi connectivity index (χ4n) is 1.64. The van der Waals surface area contributed by atoms with E-state index in [1.807, 2.05) is 30.0 Å². The topological polar surface area (TPSA) is 52.3 Å². The van der Waals surface area contributed by atoms with Crippen LogP contribution in [0.5, 0.6) is 0 Å². The maximum Gasteiger partial charge on any atom is 0.325 e. The molecule has 0 aliphatic rings. The van der Waals surface area contributed by atoms with Crippen molar-refractivity contribution in [3.05, 3.63) is 35.9 Å². The van der Waals surface area contributed by atoms with E-state index in [4.69, 9.17) is 5.73 Å². The Labute approximate surface area is 113 Å². The molecule has 2 N–H and O–H groups in total. The molecule has 0 radical (unpaired) electrons. The van der Waals surface area contributed by atoms with Crippen molar-refractivity contribution in [3.63, 3.8) is 0 Å². The lowest BCUT2D eigenvalue weighted by Crippen LogP contribution is -2.45. The number of carbonyl (C=O) groups excluding carboxylic acids is 1. The summed E-state index contributed by atoms with van der Waals surface area (Å²) in [5.74, 6) is 1.66. The second-order valence-electron chi connectivity index (χ2n) is 4.55. The number of ether oxygens (including phenoxy) is 1. The second-order valence-corrected chi connectivity index (χ2v) is 5.66. The highest BCUT2D eigenvalue weighted by atomic mass is 32.2. The van der Waals surface area contributed by atoms with Crippen LogP contribution >= 0.6 is 11.8 Å². The minimum atomic E-state index is -0.859. The normalized spacial score (nSPS) is 13.9. The van der Waals surface area contributed by atoms with Gasteiger partial charge in [0, 0.05) is 5.75 Å². The number of carbonyl (C=O) groups is 1. The molecule has 0 saturated heterocycles. The molecule has 1 rings (SSSR count). The van der Waals surface area contributed by atoms with Gasteiger partial charge in [-0.1, -0.05) is 30.3 Å². The number of methoxy groups -OCH3 is 1. The Morgan fingerprint density at radius 3 is 2.67 bits per heavy atom. The zero-order valence-corrected chi connectivity index (χ0v) is 11.8. The van der Waals surface area contributed by atoms with Crippen LogP contribution in [0.4, 0.5) is 0 Å². The Hall–Kier alpha value is -1.00. The zero-order chi connectivity index (χ0) is 13.4. The maximum absolute atomic E-state index is 11.4. The quantitative estimate of drug-likeness (QED) is 0.609. The average Bonchev–Trinajstić information content (AvgIpc) is 2.38. The molecule has 0 unspecified atom stereocenters. The van der Waals surface area contributed by atoms with Crippen molar-refractivity contribution < 1.29 is 9.53 Å². The predicted octanol–water partition coefficient (Wildman–Crippen LogP) is 2.59. The van der Waals surface area contributed by atoms with Crippen molar-refractivity contribution in [2.24, 2.45) is 5.73 Å². The summed E-state index contributed by atoms with van der Waals surface area (Å²) in [6.07, 6.45) is 1.57. The molecule has 0 aromatic heterocycles. The van der Waals surface area contributed by atoms with Gasteiger partial charge >= 0.3 is 5.97 Å². The smallest absolute Gasteiger partial charge is 0.325 e. The van der Waals surface area contributed by atoms with Crippen molar-refractivity contribution in [1.82, 2.24) is 0 Å². The van der Waals surface area contributed by atoms with Gasteiger partial charge < -0.3 is 10.5 Å². The first-order valence-corrected chi connectivity index (χ1v) is 7.21. The van der Waals surface area contributed by atoms with Crippen molar-refractivity contribution in [1.29, 1.82) is 0 Å². The molecule has 0 heterocycles. The van der Waals surface area contributed by atoms with Crippen LogP contribution in [0.3, 0.4) is 0 Å². The van der Waals surface area contributed by atoms with Crippen LogP contribution in [0.15, 0.2) is 30.3 Å². The van der Waals surface area contributed by atoms with Crippen LogP contribution in [-0.4, -0.2) is 24.4 Å². The Morgan fingerprint density at radius 2 is 2.06 bits per heavy atom. The van der Waals surface area contributed by atoms with Crippen molar-refractivity contribution in [3.8, 4) is 0 Å². The van der Waals surface area contributed by atoms with Crippen LogP contribution in [0.2, 0.25) is 0 Å². The van der Waals surface area contributed by atoms with Gasteiger partial charge in [0.15, 0.2) is 0 Å². The van der Waals surface area contributed by atoms with Gasteiger partial charge in [-0.2, -0.15) is 11.8 Å². The molecule has 1 atom stereocenters. The molecule has 18 heavy (non-hydrogen) atoms. The van der Waals surface area contributed by atoms with Crippen LogP contribution in [-0.2, 0) is 15.3 Å². The molecule has 3 nitrogen and oxygen atoms in total. The summed E-state index contributed by atoms with van der Waals surface area (Å²) in [5.41, 5.74) is 6.35. The van der Waals surface area contributed by atoms with Crippen LogP contribution in [0.1, 0.15) is 25.3 Å². The minimum Gasteiger partial charge on any atom is -0.468 e. The van der Waals surface area contributed by atoms with Crippen molar-refractivity contribution in [2.45, 2.75) is 31.1 Å². The van der Waals surface area contributed by atoms with E-state index in [-0.39, 0.29) is 5.97 Å².